The van der Waals surface area contributed by atoms with Gasteiger partial charge in [0.1, 0.15) is 6.33 Å². The molecule has 0 unspecified atom stereocenters. The lowest BCUT2D eigenvalue weighted by Crippen LogP contribution is -2.35. The molecule has 1 saturated carbocycles. The van der Waals surface area contributed by atoms with Gasteiger partial charge in [0.05, 0.1) is 11.0 Å². The molecule has 2 aromatic rings. The number of amides is 2. The van der Waals surface area contributed by atoms with Crippen LogP contribution in [0.25, 0.3) is 11.0 Å². The van der Waals surface area contributed by atoms with Crippen molar-refractivity contribution < 1.29 is 4.79 Å². The van der Waals surface area contributed by atoms with E-state index in [2.05, 4.69) is 22.7 Å². The van der Waals surface area contributed by atoms with Gasteiger partial charge >= 0.3 is 6.03 Å². The van der Waals surface area contributed by atoms with Gasteiger partial charge < -0.3 is 5.32 Å². The molecule has 0 bridgehead atoms. The minimum absolute atomic E-state index is 0.174. The van der Waals surface area contributed by atoms with Crippen LogP contribution in [0.3, 0.4) is 0 Å². The molecule has 5 nitrogen and oxygen atoms in total. The van der Waals surface area contributed by atoms with E-state index in [0.29, 0.717) is 0 Å². The number of para-hydroxylation sites is 2. The maximum Gasteiger partial charge on any atom is 0.333 e. The Labute approximate surface area is 131 Å². The van der Waals surface area contributed by atoms with Gasteiger partial charge in [-0.05, 0) is 36.8 Å². The summed E-state index contributed by atoms with van der Waals surface area (Å²) in [5, 5.41) is 2.95. The fourth-order valence-corrected chi connectivity index (χ4v) is 3.41. The molecule has 118 valence electrons. The highest BCUT2D eigenvalue weighted by Crippen LogP contribution is 2.30. The van der Waals surface area contributed by atoms with E-state index in [1.54, 1.807) is 11.0 Å². The normalized spacial score (nSPS) is 21.7. The highest BCUT2D eigenvalue weighted by molar-refractivity contribution is 5.84. The van der Waals surface area contributed by atoms with E-state index in [1.807, 2.05) is 24.3 Å². The maximum absolute atomic E-state index is 12.0. The van der Waals surface area contributed by atoms with Crippen molar-refractivity contribution in [3.8, 4) is 0 Å². The summed E-state index contributed by atoms with van der Waals surface area (Å²) in [6.45, 7) is 3.06. The number of benzene rings is 1. The molecule has 1 aromatic carbocycles. The molecule has 2 N–H and O–H groups in total. The van der Waals surface area contributed by atoms with Gasteiger partial charge in [0.2, 0.25) is 0 Å². The van der Waals surface area contributed by atoms with E-state index in [9.17, 15) is 4.79 Å². The SMILES string of the molecule is C[C@@H]1CCC[C@@H](CCNC(=O)Nn2cnc3ccccc32)C1. The zero-order valence-electron chi connectivity index (χ0n) is 13.1. The molecule has 0 saturated heterocycles. The third-order valence-electron chi connectivity index (χ3n) is 4.56. The minimum Gasteiger partial charge on any atom is -0.337 e. The number of nitrogens with zero attached hydrogens (tertiary/aromatic N) is 2. The minimum atomic E-state index is -0.174. The van der Waals surface area contributed by atoms with Gasteiger partial charge in [-0.2, -0.15) is 0 Å². The Bertz CT molecular complexity index is 636. The van der Waals surface area contributed by atoms with Crippen molar-refractivity contribution in [1.29, 1.82) is 0 Å². The predicted molar refractivity (Wildman–Crippen MR) is 88.2 cm³/mol. The molecule has 1 aliphatic carbocycles. The predicted octanol–water partition coefficient (Wildman–Crippen LogP) is 3.51. The second-order valence-electron chi connectivity index (χ2n) is 6.40. The van der Waals surface area contributed by atoms with Gasteiger partial charge in [-0.25, -0.2) is 19.9 Å². The lowest BCUT2D eigenvalue weighted by Gasteiger charge is -2.26. The smallest absolute Gasteiger partial charge is 0.333 e. The van der Waals surface area contributed by atoms with Crippen molar-refractivity contribution in [2.45, 2.75) is 39.0 Å². The molecule has 0 aliphatic heterocycles. The van der Waals surface area contributed by atoms with Crippen LogP contribution in [0.15, 0.2) is 30.6 Å². The number of aromatic nitrogens is 2. The molecule has 22 heavy (non-hydrogen) atoms. The third-order valence-corrected chi connectivity index (χ3v) is 4.56. The summed E-state index contributed by atoms with van der Waals surface area (Å²) < 4.78 is 1.66. The quantitative estimate of drug-likeness (QED) is 0.908. The van der Waals surface area contributed by atoms with E-state index in [0.717, 1.165) is 35.8 Å². The third kappa shape index (κ3) is 3.59. The van der Waals surface area contributed by atoms with Crippen molar-refractivity contribution in [3.63, 3.8) is 0 Å². The first-order valence-electron chi connectivity index (χ1n) is 8.19. The molecule has 1 aliphatic rings. The second-order valence-corrected chi connectivity index (χ2v) is 6.40. The van der Waals surface area contributed by atoms with E-state index < -0.39 is 0 Å². The Balaban J connectivity index is 1.46. The number of imidazole rings is 1. The van der Waals surface area contributed by atoms with Crippen LogP contribution in [0.5, 0.6) is 0 Å². The molecule has 2 atom stereocenters. The topological polar surface area (TPSA) is 59.0 Å². The fourth-order valence-electron chi connectivity index (χ4n) is 3.41. The Morgan fingerprint density at radius 1 is 1.36 bits per heavy atom. The van der Waals surface area contributed by atoms with Gasteiger partial charge in [-0.15, -0.1) is 0 Å². The first-order valence-corrected chi connectivity index (χ1v) is 8.19. The first-order chi connectivity index (χ1) is 10.7. The Morgan fingerprint density at radius 3 is 3.09 bits per heavy atom. The number of rotatable bonds is 4. The number of nitrogens with one attached hydrogen (secondary N) is 2. The van der Waals surface area contributed by atoms with Gasteiger partial charge in [0.15, 0.2) is 0 Å². The molecule has 5 heteroatoms. The molecule has 0 spiro atoms. The fraction of sp³-hybridized carbons (Fsp3) is 0.529. The average Bonchev–Trinajstić information content (AvgIpc) is 2.91. The Morgan fingerprint density at radius 2 is 2.23 bits per heavy atom. The van der Waals surface area contributed by atoms with E-state index in [1.165, 1.54) is 25.7 Å². The van der Waals surface area contributed by atoms with Crippen LogP contribution in [0.2, 0.25) is 0 Å². The van der Waals surface area contributed by atoms with Crippen LogP contribution >= 0.6 is 0 Å². The highest BCUT2D eigenvalue weighted by Gasteiger charge is 2.18. The van der Waals surface area contributed by atoms with Crippen LogP contribution in [0.1, 0.15) is 39.0 Å². The molecular formula is C17H24N4O. The molecule has 0 radical (unpaired) electrons. The average molecular weight is 300 g/mol. The van der Waals surface area contributed by atoms with E-state index >= 15 is 0 Å². The first kappa shape index (κ1) is 14.9. The molecule has 1 fully saturated rings. The van der Waals surface area contributed by atoms with Crippen molar-refractivity contribution >= 4 is 17.1 Å². The number of fused-ring (bicyclic) bond motifs is 1. The highest BCUT2D eigenvalue weighted by atomic mass is 16.2. The van der Waals surface area contributed by atoms with Crippen LogP contribution < -0.4 is 10.7 Å². The van der Waals surface area contributed by atoms with Gasteiger partial charge in [-0.1, -0.05) is 38.3 Å². The lowest BCUT2D eigenvalue weighted by atomic mass is 9.81. The van der Waals surface area contributed by atoms with Crippen LogP contribution in [0.4, 0.5) is 4.79 Å². The summed E-state index contributed by atoms with van der Waals surface area (Å²) in [6, 6.07) is 7.56. The molecule has 1 heterocycles. The van der Waals surface area contributed by atoms with Crippen LogP contribution in [0, 0.1) is 11.8 Å². The largest absolute Gasteiger partial charge is 0.337 e. The van der Waals surface area contributed by atoms with Gasteiger partial charge in [-0.3, -0.25) is 0 Å². The van der Waals surface area contributed by atoms with Crippen LogP contribution in [-0.2, 0) is 0 Å². The lowest BCUT2D eigenvalue weighted by molar-refractivity contribution is 0.243. The summed E-state index contributed by atoms with van der Waals surface area (Å²) in [5.74, 6) is 1.60. The van der Waals surface area contributed by atoms with Crippen molar-refractivity contribution in [2.75, 3.05) is 12.0 Å². The van der Waals surface area contributed by atoms with Crippen molar-refractivity contribution in [2.24, 2.45) is 11.8 Å². The molecule has 3 rings (SSSR count). The van der Waals surface area contributed by atoms with Crippen LogP contribution in [-0.4, -0.2) is 22.2 Å². The monoisotopic (exact) mass is 300 g/mol. The van der Waals surface area contributed by atoms with E-state index in [4.69, 9.17) is 0 Å². The summed E-state index contributed by atoms with van der Waals surface area (Å²) >= 11 is 0. The van der Waals surface area contributed by atoms with E-state index in [-0.39, 0.29) is 6.03 Å². The van der Waals surface area contributed by atoms with Gasteiger partial charge in [0.25, 0.3) is 0 Å². The van der Waals surface area contributed by atoms with Gasteiger partial charge in [0, 0.05) is 6.54 Å². The standard InChI is InChI=1S/C17H24N4O/c1-13-5-4-6-14(11-13)9-10-18-17(22)20-21-12-19-15-7-2-3-8-16(15)21/h2-3,7-8,12-14H,4-6,9-11H2,1H3,(H2,18,20,22)/t13-,14+/m1/s1. The summed E-state index contributed by atoms with van der Waals surface area (Å²) in [4.78, 5) is 16.2. The number of carbonyl (C=O) groups is 1. The summed E-state index contributed by atoms with van der Waals surface area (Å²) in [7, 11) is 0. The molecule has 1 aromatic heterocycles. The molecular weight excluding hydrogens is 276 g/mol. The number of urea groups is 1. The Hall–Kier alpha value is -2.04. The maximum atomic E-state index is 12.0. The zero-order valence-corrected chi connectivity index (χ0v) is 13.1. The number of carbonyl (C=O) groups excluding carboxylic acids is 1. The number of hydrogen-bond donors (Lipinski definition) is 2. The summed E-state index contributed by atoms with van der Waals surface area (Å²) in [6.07, 6.45) is 8.00. The number of hydrogen-bond acceptors (Lipinski definition) is 2. The Kier molecular flexibility index (Phi) is 4.61. The summed E-state index contributed by atoms with van der Waals surface area (Å²) in [5.41, 5.74) is 4.59. The zero-order chi connectivity index (χ0) is 15.4. The molecule has 2 amide bonds. The van der Waals surface area contributed by atoms with Crippen molar-refractivity contribution in [3.05, 3.63) is 30.6 Å². The second kappa shape index (κ2) is 6.81. The van der Waals surface area contributed by atoms with Crippen molar-refractivity contribution in [1.82, 2.24) is 15.0 Å².